The topological polar surface area (TPSA) is 50.9 Å². The third kappa shape index (κ3) is 3.55. The average Bonchev–Trinajstić information content (AvgIpc) is 2.35. The number of pyridine rings is 1. The smallest absolute Gasteiger partial charge is 0.137 e. The minimum absolute atomic E-state index is 0.367. The predicted octanol–water partition coefficient (Wildman–Crippen LogP) is 3.71. The van der Waals surface area contributed by atoms with Gasteiger partial charge in [0.05, 0.1) is 5.56 Å². The van der Waals surface area contributed by atoms with E-state index in [1.54, 1.807) is 0 Å². The largest absolute Gasteiger partial charge is 0.389 e. The quantitative estimate of drug-likeness (QED) is 0.826. The van der Waals surface area contributed by atoms with Crippen molar-refractivity contribution in [3.63, 3.8) is 0 Å². The molecular formula is C15H16BrN3S. The Bertz CT molecular complexity index is 656. The lowest BCUT2D eigenvalue weighted by Gasteiger charge is -2.14. The second-order valence-electron chi connectivity index (χ2n) is 4.65. The summed E-state index contributed by atoms with van der Waals surface area (Å²) in [6.07, 6.45) is 0. The standard InChI is InChI=1S/C15H16BrN3S/c1-9-6-10(2)19-15(13(9)14(17)20)18-8-11-4-3-5-12(16)7-11/h3-7H,8H2,1-2H3,(H2,17,20)(H,18,19). The predicted molar refractivity (Wildman–Crippen MR) is 91.1 cm³/mol. The fourth-order valence-corrected chi connectivity index (χ4v) is 2.81. The second kappa shape index (κ2) is 6.33. The molecular weight excluding hydrogens is 334 g/mol. The first-order valence-electron chi connectivity index (χ1n) is 6.23. The van der Waals surface area contributed by atoms with Crippen LogP contribution in [0, 0.1) is 13.8 Å². The summed E-state index contributed by atoms with van der Waals surface area (Å²) in [5.41, 5.74) is 9.77. The van der Waals surface area contributed by atoms with Crippen LogP contribution in [0.5, 0.6) is 0 Å². The maximum Gasteiger partial charge on any atom is 0.137 e. The van der Waals surface area contributed by atoms with Crippen LogP contribution in [0.4, 0.5) is 5.82 Å². The van der Waals surface area contributed by atoms with Crippen molar-refractivity contribution in [2.24, 2.45) is 5.73 Å². The highest BCUT2D eigenvalue weighted by atomic mass is 79.9. The van der Waals surface area contributed by atoms with E-state index in [-0.39, 0.29) is 0 Å². The summed E-state index contributed by atoms with van der Waals surface area (Å²) >= 11 is 8.59. The molecule has 0 amide bonds. The number of rotatable bonds is 4. The van der Waals surface area contributed by atoms with Crippen LogP contribution in [-0.2, 0) is 6.54 Å². The molecule has 2 aromatic rings. The van der Waals surface area contributed by atoms with Crippen molar-refractivity contribution in [1.29, 1.82) is 0 Å². The normalized spacial score (nSPS) is 10.3. The zero-order valence-corrected chi connectivity index (χ0v) is 13.8. The van der Waals surface area contributed by atoms with E-state index in [2.05, 4.69) is 38.4 Å². The van der Waals surface area contributed by atoms with Crippen LogP contribution in [0.3, 0.4) is 0 Å². The highest BCUT2D eigenvalue weighted by molar-refractivity contribution is 9.10. The van der Waals surface area contributed by atoms with Crippen molar-refractivity contribution in [3.05, 3.63) is 57.2 Å². The zero-order chi connectivity index (χ0) is 14.7. The molecule has 0 aliphatic rings. The van der Waals surface area contributed by atoms with Crippen molar-refractivity contribution >= 4 is 39.0 Å². The molecule has 0 saturated heterocycles. The Kier molecular flexibility index (Phi) is 4.73. The molecule has 3 nitrogen and oxygen atoms in total. The molecule has 2 rings (SSSR count). The van der Waals surface area contributed by atoms with E-state index < -0.39 is 0 Å². The van der Waals surface area contributed by atoms with Crippen LogP contribution in [0.1, 0.15) is 22.4 Å². The molecule has 104 valence electrons. The van der Waals surface area contributed by atoms with E-state index in [9.17, 15) is 0 Å². The molecule has 0 saturated carbocycles. The lowest BCUT2D eigenvalue weighted by molar-refractivity contribution is 1.08. The van der Waals surface area contributed by atoms with E-state index in [4.69, 9.17) is 18.0 Å². The molecule has 20 heavy (non-hydrogen) atoms. The third-order valence-corrected chi connectivity index (χ3v) is 3.64. The molecule has 5 heteroatoms. The number of aryl methyl sites for hydroxylation is 2. The first-order valence-corrected chi connectivity index (χ1v) is 7.44. The van der Waals surface area contributed by atoms with Crippen LogP contribution in [0.25, 0.3) is 0 Å². The first-order chi connectivity index (χ1) is 9.47. The lowest BCUT2D eigenvalue weighted by Crippen LogP contribution is -2.16. The molecule has 1 aromatic heterocycles. The molecule has 0 bridgehead atoms. The number of hydrogen-bond acceptors (Lipinski definition) is 3. The number of nitrogens with one attached hydrogen (secondary N) is 1. The van der Waals surface area contributed by atoms with Gasteiger partial charge in [0.25, 0.3) is 0 Å². The van der Waals surface area contributed by atoms with Gasteiger partial charge >= 0.3 is 0 Å². The van der Waals surface area contributed by atoms with Gasteiger partial charge in [-0.25, -0.2) is 4.98 Å². The highest BCUT2D eigenvalue weighted by Crippen LogP contribution is 2.20. The van der Waals surface area contributed by atoms with Crippen LogP contribution in [0.2, 0.25) is 0 Å². The Hall–Kier alpha value is -1.46. The van der Waals surface area contributed by atoms with E-state index in [0.29, 0.717) is 11.5 Å². The number of anilines is 1. The van der Waals surface area contributed by atoms with Crippen molar-refractivity contribution in [2.45, 2.75) is 20.4 Å². The Balaban J connectivity index is 2.27. The summed E-state index contributed by atoms with van der Waals surface area (Å²) in [7, 11) is 0. The van der Waals surface area contributed by atoms with Gasteiger partial charge in [0.2, 0.25) is 0 Å². The van der Waals surface area contributed by atoms with Crippen molar-refractivity contribution in [3.8, 4) is 0 Å². The summed E-state index contributed by atoms with van der Waals surface area (Å²) < 4.78 is 1.06. The Labute approximate surface area is 132 Å². The van der Waals surface area contributed by atoms with Crippen LogP contribution >= 0.6 is 28.1 Å². The molecule has 0 fully saturated rings. The van der Waals surface area contributed by atoms with Crippen molar-refractivity contribution in [1.82, 2.24) is 4.98 Å². The number of hydrogen-bond donors (Lipinski definition) is 2. The zero-order valence-electron chi connectivity index (χ0n) is 11.4. The number of nitrogens with two attached hydrogens (primary N) is 1. The number of nitrogens with zero attached hydrogens (tertiary/aromatic N) is 1. The fourth-order valence-electron chi connectivity index (χ4n) is 2.11. The molecule has 0 atom stereocenters. The first kappa shape index (κ1) is 14.9. The van der Waals surface area contributed by atoms with Gasteiger partial charge in [0, 0.05) is 16.7 Å². The summed E-state index contributed by atoms with van der Waals surface area (Å²) in [5.74, 6) is 0.745. The molecule has 1 heterocycles. The molecule has 0 aliphatic heterocycles. The molecule has 0 aliphatic carbocycles. The van der Waals surface area contributed by atoms with Crippen molar-refractivity contribution in [2.75, 3.05) is 5.32 Å². The Morgan fingerprint density at radius 2 is 2.10 bits per heavy atom. The summed E-state index contributed by atoms with van der Waals surface area (Å²) in [4.78, 5) is 4.87. The molecule has 0 unspecified atom stereocenters. The van der Waals surface area contributed by atoms with Gasteiger partial charge in [-0.05, 0) is 43.2 Å². The van der Waals surface area contributed by atoms with E-state index in [1.807, 2.05) is 32.0 Å². The van der Waals surface area contributed by atoms with Gasteiger partial charge in [0.15, 0.2) is 0 Å². The molecule has 0 spiro atoms. The lowest BCUT2D eigenvalue weighted by atomic mass is 10.1. The van der Waals surface area contributed by atoms with Gasteiger partial charge in [0.1, 0.15) is 10.8 Å². The summed E-state index contributed by atoms with van der Waals surface area (Å²) in [5, 5.41) is 3.32. The molecule has 0 radical (unpaired) electrons. The molecule has 1 aromatic carbocycles. The van der Waals surface area contributed by atoms with Gasteiger partial charge in [-0.3, -0.25) is 0 Å². The monoisotopic (exact) mass is 349 g/mol. The van der Waals surface area contributed by atoms with Crippen molar-refractivity contribution < 1.29 is 0 Å². The summed E-state index contributed by atoms with van der Waals surface area (Å²) in [6.45, 7) is 4.62. The minimum Gasteiger partial charge on any atom is -0.389 e. The van der Waals surface area contributed by atoms with Gasteiger partial charge < -0.3 is 11.1 Å². The number of thiocarbonyl (C=S) groups is 1. The maximum absolute atomic E-state index is 5.80. The van der Waals surface area contributed by atoms with E-state index in [1.165, 1.54) is 0 Å². The van der Waals surface area contributed by atoms with Gasteiger partial charge in [-0.1, -0.05) is 40.3 Å². The molecule has 3 N–H and O–H groups in total. The van der Waals surface area contributed by atoms with Gasteiger partial charge in [-0.2, -0.15) is 0 Å². The fraction of sp³-hybridized carbons (Fsp3) is 0.200. The third-order valence-electron chi connectivity index (χ3n) is 2.94. The number of aromatic nitrogens is 1. The summed E-state index contributed by atoms with van der Waals surface area (Å²) in [6, 6.07) is 10.1. The van der Waals surface area contributed by atoms with Crippen LogP contribution in [-0.4, -0.2) is 9.97 Å². The highest BCUT2D eigenvalue weighted by Gasteiger charge is 2.11. The maximum atomic E-state index is 5.80. The van der Waals surface area contributed by atoms with Crippen LogP contribution < -0.4 is 11.1 Å². The van der Waals surface area contributed by atoms with Crippen LogP contribution in [0.15, 0.2) is 34.8 Å². The minimum atomic E-state index is 0.367. The van der Waals surface area contributed by atoms with E-state index >= 15 is 0 Å². The van der Waals surface area contributed by atoms with E-state index in [0.717, 1.165) is 32.7 Å². The number of benzene rings is 1. The SMILES string of the molecule is Cc1cc(C)c(C(N)=S)c(NCc2cccc(Br)c2)n1. The second-order valence-corrected chi connectivity index (χ2v) is 6.01. The van der Waals surface area contributed by atoms with Gasteiger partial charge in [-0.15, -0.1) is 0 Å². The average molecular weight is 350 g/mol. The Morgan fingerprint density at radius 3 is 2.75 bits per heavy atom. The number of halogens is 1. The Morgan fingerprint density at radius 1 is 1.35 bits per heavy atom.